The zero-order valence-electron chi connectivity index (χ0n) is 7.83. The van der Waals surface area contributed by atoms with Gasteiger partial charge in [-0.2, -0.15) is 0 Å². The van der Waals surface area contributed by atoms with E-state index in [9.17, 15) is 0 Å². The van der Waals surface area contributed by atoms with Crippen LogP contribution in [-0.4, -0.2) is 12.0 Å². The van der Waals surface area contributed by atoms with Gasteiger partial charge in [0.1, 0.15) is 0 Å². The van der Waals surface area contributed by atoms with Crippen LogP contribution in [0.5, 0.6) is 0 Å². The summed E-state index contributed by atoms with van der Waals surface area (Å²) in [4.78, 5) is 3.85. The van der Waals surface area contributed by atoms with Gasteiger partial charge in [-0.25, -0.2) is 0 Å². The van der Waals surface area contributed by atoms with Crippen molar-refractivity contribution in [3.8, 4) is 0 Å². The summed E-state index contributed by atoms with van der Waals surface area (Å²) in [5, 5.41) is 0. The quantitative estimate of drug-likeness (QED) is 0.620. The SMILES string of the molecule is CC.CN.Cc1ccncc1. The fourth-order valence-corrected chi connectivity index (χ4v) is 0.426. The minimum absolute atomic E-state index is 1.26. The Kier molecular flexibility index (Phi) is 13.7. The van der Waals surface area contributed by atoms with E-state index in [1.165, 1.54) is 12.6 Å². The number of hydrogen-bond acceptors (Lipinski definition) is 2. The topological polar surface area (TPSA) is 38.9 Å². The number of hydrogen-bond donors (Lipinski definition) is 1. The molecule has 2 N–H and O–H groups in total. The maximum Gasteiger partial charge on any atom is 0.0270 e. The van der Waals surface area contributed by atoms with Crippen LogP contribution >= 0.6 is 0 Å². The first-order chi connectivity index (χ1) is 5.39. The van der Waals surface area contributed by atoms with Gasteiger partial charge in [0, 0.05) is 12.4 Å². The normalized spacial score (nSPS) is 6.64. The lowest BCUT2D eigenvalue weighted by Crippen LogP contribution is -1.69. The molecular weight excluding hydrogens is 136 g/mol. The second kappa shape index (κ2) is 11.9. The highest BCUT2D eigenvalue weighted by Crippen LogP contribution is 1.88. The summed E-state index contributed by atoms with van der Waals surface area (Å²) in [6.07, 6.45) is 3.57. The van der Waals surface area contributed by atoms with Gasteiger partial charge in [-0.05, 0) is 31.7 Å². The number of rotatable bonds is 0. The van der Waals surface area contributed by atoms with Gasteiger partial charge < -0.3 is 5.73 Å². The van der Waals surface area contributed by atoms with Crippen LogP contribution in [0, 0.1) is 6.92 Å². The van der Waals surface area contributed by atoms with E-state index >= 15 is 0 Å². The summed E-state index contributed by atoms with van der Waals surface area (Å²) in [5.74, 6) is 0. The molecule has 0 unspecified atom stereocenters. The molecule has 1 aromatic rings. The predicted molar refractivity (Wildman–Crippen MR) is 50.4 cm³/mol. The van der Waals surface area contributed by atoms with Crippen LogP contribution < -0.4 is 5.73 Å². The van der Waals surface area contributed by atoms with E-state index in [0.29, 0.717) is 0 Å². The summed E-state index contributed by atoms with van der Waals surface area (Å²) in [5.41, 5.74) is 5.76. The van der Waals surface area contributed by atoms with Crippen LogP contribution in [0.25, 0.3) is 0 Å². The van der Waals surface area contributed by atoms with Crippen molar-refractivity contribution in [3.05, 3.63) is 30.1 Å². The summed E-state index contributed by atoms with van der Waals surface area (Å²) < 4.78 is 0. The number of nitrogens with zero attached hydrogens (tertiary/aromatic N) is 1. The first-order valence-electron chi connectivity index (χ1n) is 3.84. The molecule has 0 amide bonds. The molecule has 11 heavy (non-hydrogen) atoms. The lowest BCUT2D eigenvalue weighted by Gasteiger charge is -1.82. The molecule has 0 bridgehead atoms. The number of pyridine rings is 1. The molecule has 0 spiro atoms. The van der Waals surface area contributed by atoms with Crippen LogP contribution in [0.3, 0.4) is 0 Å². The van der Waals surface area contributed by atoms with Crippen LogP contribution in [0.1, 0.15) is 19.4 Å². The van der Waals surface area contributed by atoms with Crippen LogP contribution in [-0.2, 0) is 0 Å². The van der Waals surface area contributed by atoms with Gasteiger partial charge in [0.25, 0.3) is 0 Å². The second-order valence-electron chi connectivity index (χ2n) is 1.52. The third kappa shape index (κ3) is 9.11. The molecule has 64 valence electrons. The Labute approximate surface area is 69.5 Å². The fraction of sp³-hybridized carbons (Fsp3) is 0.444. The Morgan fingerprint density at radius 1 is 1.09 bits per heavy atom. The molecule has 0 fully saturated rings. The predicted octanol–water partition coefficient (Wildman–Crippen LogP) is 1.99. The minimum atomic E-state index is 1.26. The zero-order valence-corrected chi connectivity index (χ0v) is 7.83. The van der Waals surface area contributed by atoms with Crippen LogP contribution in [0.2, 0.25) is 0 Å². The maximum atomic E-state index is 4.50. The van der Waals surface area contributed by atoms with Crippen LogP contribution in [0.4, 0.5) is 0 Å². The molecular formula is C9H18N2. The van der Waals surface area contributed by atoms with E-state index in [2.05, 4.69) is 10.7 Å². The molecule has 0 aliphatic carbocycles. The van der Waals surface area contributed by atoms with E-state index in [0.717, 1.165) is 0 Å². The van der Waals surface area contributed by atoms with E-state index in [1.807, 2.05) is 32.9 Å². The molecule has 1 heterocycles. The van der Waals surface area contributed by atoms with E-state index in [1.54, 1.807) is 12.4 Å². The van der Waals surface area contributed by atoms with Gasteiger partial charge in [-0.3, -0.25) is 4.98 Å². The summed E-state index contributed by atoms with van der Waals surface area (Å²) >= 11 is 0. The first kappa shape index (κ1) is 12.8. The van der Waals surface area contributed by atoms with Gasteiger partial charge in [0.15, 0.2) is 0 Å². The number of nitrogens with two attached hydrogens (primary N) is 1. The Morgan fingerprint density at radius 3 is 1.64 bits per heavy atom. The Balaban J connectivity index is 0. The van der Waals surface area contributed by atoms with Gasteiger partial charge in [0.05, 0.1) is 0 Å². The molecule has 2 nitrogen and oxygen atoms in total. The number of aromatic nitrogens is 1. The van der Waals surface area contributed by atoms with Crippen molar-refractivity contribution in [1.82, 2.24) is 4.98 Å². The second-order valence-corrected chi connectivity index (χ2v) is 1.52. The molecule has 0 aromatic carbocycles. The van der Waals surface area contributed by atoms with Crippen molar-refractivity contribution < 1.29 is 0 Å². The molecule has 0 aliphatic heterocycles. The van der Waals surface area contributed by atoms with Crippen molar-refractivity contribution >= 4 is 0 Å². The van der Waals surface area contributed by atoms with Crippen molar-refractivity contribution in [3.63, 3.8) is 0 Å². The lowest BCUT2D eigenvalue weighted by molar-refractivity contribution is 1.29. The highest BCUT2D eigenvalue weighted by atomic mass is 14.6. The molecule has 0 atom stereocenters. The third-order valence-electron chi connectivity index (χ3n) is 0.847. The van der Waals surface area contributed by atoms with Gasteiger partial charge in [-0.1, -0.05) is 13.8 Å². The highest BCUT2D eigenvalue weighted by Gasteiger charge is 1.72. The van der Waals surface area contributed by atoms with Crippen LogP contribution in [0.15, 0.2) is 24.5 Å². The first-order valence-corrected chi connectivity index (χ1v) is 3.84. The Hall–Kier alpha value is -0.890. The monoisotopic (exact) mass is 154 g/mol. The smallest absolute Gasteiger partial charge is 0.0270 e. The number of aryl methyl sites for hydroxylation is 1. The van der Waals surface area contributed by atoms with Crippen molar-refractivity contribution in [1.29, 1.82) is 0 Å². The molecule has 1 aromatic heterocycles. The standard InChI is InChI=1S/C6H7N.C2H6.CH5N/c1-6-2-4-7-5-3-6;2*1-2/h2-5H,1H3;1-2H3;2H2,1H3. The molecule has 1 rings (SSSR count). The van der Waals surface area contributed by atoms with Gasteiger partial charge in [0.2, 0.25) is 0 Å². The largest absolute Gasteiger partial charge is 0.333 e. The fourth-order valence-electron chi connectivity index (χ4n) is 0.426. The summed E-state index contributed by atoms with van der Waals surface area (Å²) in [6, 6.07) is 3.94. The van der Waals surface area contributed by atoms with Crippen molar-refractivity contribution in [2.45, 2.75) is 20.8 Å². The minimum Gasteiger partial charge on any atom is -0.333 e. The molecule has 2 heteroatoms. The maximum absolute atomic E-state index is 4.50. The Morgan fingerprint density at radius 2 is 1.45 bits per heavy atom. The average molecular weight is 154 g/mol. The highest BCUT2D eigenvalue weighted by molar-refractivity contribution is 5.05. The van der Waals surface area contributed by atoms with E-state index < -0.39 is 0 Å². The summed E-state index contributed by atoms with van der Waals surface area (Å²) in [6.45, 7) is 6.04. The van der Waals surface area contributed by atoms with Gasteiger partial charge in [-0.15, -0.1) is 0 Å². The molecule has 0 saturated carbocycles. The van der Waals surface area contributed by atoms with Crippen molar-refractivity contribution in [2.75, 3.05) is 7.05 Å². The third-order valence-corrected chi connectivity index (χ3v) is 0.847. The summed E-state index contributed by atoms with van der Waals surface area (Å²) in [7, 11) is 1.50. The molecule has 0 aliphatic rings. The average Bonchev–Trinajstić information content (AvgIpc) is 2.13. The van der Waals surface area contributed by atoms with Gasteiger partial charge >= 0.3 is 0 Å². The molecule has 0 saturated heterocycles. The molecule has 0 radical (unpaired) electrons. The van der Waals surface area contributed by atoms with Crippen molar-refractivity contribution in [2.24, 2.45) is 5.73 Å². The van der Waals surface area contributed by atoms with E-state index in [-0.39, 0.29) is 0 Å². The lowest BCUT2D eigenvalue weighted by atomic mass is 10.3. The van der Waals surface area contributed by atoms with E-state index in [4.69, 9.17) is 0 Å². The Bertz CT molecular complexity index is 137. The zero-order chi connectivity index (χ0) is 9.11.